The zero-order valence-electron chi connectivity index (χ0n) is 13.6. The van der Waals surface area contributed by atoms with Gasteiger partial charge in [0.15, 0.2) is 5.82 Å². The van der Waals surface area contributed by atoms with Crippen molar-refractivity contribution in [1.82, 2.24) is 14.5 Å². The van der Waals surface area contributed by atoms with Gasteiger partial charge in [0.2, 0.25) is 0 Å². The Balaban J connectivity index is 1.85. The third-order valence-electron chi connectivity index (χ3n) is 3.59. The van der Waals surface area contributed by atoms with Crippen LogP contribution in [0.5, 0.6) is 0 Å². The van der Waals surface area contributed by atoms with Gasteiger partial charge in [0.1, 0.15) is 16.9 Å². The van der Waals surface area contributed by atoms with E-state index in [0.717, 1.165) is 16.6 Å². The standard InChI is InChI=1S/C16H17N5O2S/c1-4-11-7-12-14(17-9-18-15(12)24-11)20-19-8-10-5-6-21(2)13(10)16(22)23-3/h5-9H,4H2,1-3H3,(H,17,18,20)/b19-8-. The lowest BCUT2D eigenvalue weighted by Crippen LogP contribution is -2.10. The Labute approximate surface area is 143 Å². The molecule has 3 aromatic rings. The van der Waals surface area contributed by atoms with Crippen molar-refractivity contribution < 1.29 is 9.53 Å². The van der Waals surface area contributed by atoms with Gasteiger partial charge in [-0.2, -0.15) is 5.10 Å². The number of hydrazone groups is 1. The minimum absolute atomic E-state index is 0.404. The molecule has 0 radical (unpaired) electrons. The molecule has 0 saturated carbocycles. The SMILES string of the molecule is CCc1cc2c(N/N=C\c3ccn(C)c3C(=O)OC)ncnc2s1. The van der Waals surface area contributed by atoms with Crippen LogP contribution in [-0.4, -0.2) is 33.8 Å². The zero-order valence-corrected chi connectivity index (χ0v) is 14.4. The number of anilines is 1. The number of hydrogen-bond donors (Lipinski definition) is 1. The van der Waals surface area contributed by atoms with Crippen molar-refractivity contribution >= 4 is 39.6 Å². The average Bonchev–Trinajstić information content (AvgIpc) is 3.18. The van der Waals surface area contributed by atoms with Crippen molar-refractivity contribution in [2.24, 2.45) is 12.1 Å². The molecule has 0 aliphatic carbocycles. The minimum atomic E-state index is -0.404. The van der Waals surface area contributed by atoms with E-state index in [1.165, 1.54) is 18.3 Å². The molecule has 0 aliphatic rings. The van der Waals surface area contributed by atoms with Crippen LogP contribution in [0.15, 0.2) is 29.8 Å². The summed E-state index contributed by atoms with van der Waals surface area (Å²) in [6, 6.07) is 3.87. The summed E-state index contributed by atoms with van der Waals surface area (Å²) in [5.41, 5.74) is 4.04. The molecule has 0 bridgehead atoms. The number of methoxy groups -OCH3 is 1. The van der Waals surface area contributed by atoms with Gasteiger partial charge in [-0.25, -0.2) is 14.8 Å². The number of aromatic nitrogens is 3. The lowest BCUT2D eigenvalue weighted by atomic mass is 10.2. The first-order valence-electron chi connectivity index (χ1n) is 7.40. The Morgan fingerprint density at radius 1 is 1.50 bits per heavy atom. The number of ether oxygens (including phenoxy) is 1. The fourth-order valence-electron chi connectivity index (χ4n) is 2.34. The van der Waals surface area contributed by atoms with Gasteiger partial charge in [-0.1, -0.05) is 6.92 Å². The number of carbonyl (C=O) groups excluding carboxylic acids is 1. The van der Waals surface area contributed by atoms with Gasteiger partial charge < -0.3 is 9.30 Å². The van der Waals surface area contributed by atoms with E-state index in [2.05, 4.69) is 33.5 Å². The van der Waals surface area contributed by atoms with E-state index in [9.17, 15) is 4.79 Å². The summed E-state index contributed by atoms with van der Waals surface area (Å²) in [6.07, 6.45) is 5.82. The highest BCUT2D eigenvalue weighted by atomic mass is 32.1. The molecule has 0 amide bonds. The van der Waals surface area contributed by atoms with Crippen molar-refractivity contribution in [1.29, 1.82) is 0 Å². The first kappa shape index (κ1) is 16.1. The highest BCUT2D eigenvalue weighted by Crippen LogP contribution is 2.28. The summed E-state index contributed by atoms with van der Waals surface area (Å²) in [5, 5.41) is 5.15. The molecule has 3 rings (SSSR count). The highest BCUT2D eigenvalue weighted by molar-refractivity contribution is 7.18. The third-order valence-corrected chi connectivity index (χ3v) is 4.77. The molecule has 0 fully saturated rings. The van der Waals surface area contributed by atoms with Gasteiger partial charge in [0.25, 0.3) is 0 Å². The zero-order chi connectivity index (χ0) is 17.1. The van der Waals surface area contributed by atoms with E-state index >= 15 is 0 Å². The number of nitrogens with zero attached hydrogens (tertiary/aromatic N) is 4. The highest BCUT2D eigenvalue weighted by Gasteiger charge is 2.14. The second-order valence-electron chi connectivity index (χ2n) is 5.10. The summed E-state index contributed by atoms with van der Waals surface area (Å²) < 4.78 is 6.49. The Bertz CT molecular complexity index is 912. The van der Waals surface area contributed by atoms with Crippen LogP contribution >= 0.6 is 11.3 Å². The summed E-state index contributed by atoms with van der Waals surface area (Å²) >= 11 is 1.65. The molecule has 3 aromatic heterocycles. The molecule has 1 N–H and O–H groups in total. The van der Waals surface area contributed by atoms with Crippen molar-refractivity contribution in [3.63, 3.8) is 0 Å². The number of carbonyl (C=O) groups is 1. The number of fused-ring (bicyclic) bond motifs is 1. The summed E-state index contributed by atoms with van der Waals surface area (Å²) in [5.74, 6) is 0.238. The van der Waals surface area contributed by atoms with Crippen LogP contribution in [0.3, 0.4) is 0 Å². The van der Waals surface area contributed by atoms with Gasteiger partial charge in [0.05, 0.1) is 18.7 Å². The predicted molar refractivity (Wildman–Crippen MR) is 94.8 cm³/mol. The topological polar surface area (TPSA) is 81.4 Å². The van der Waals surface area contributed by atoms with Crippen LogP contribution in [0.4, 0.5) is 5.82 Å². The minimum Gasteiger partial charge on any atom is -0.464 e. The maximum Gasteiger partial charge on any atom is 0.355 e. The second-order valence-corrected chi connectivity index (χ2v) is 6.21. The Morgan fingerprint density at radius 3 is 3.08 bits per heavy atom. The molecular weight excluding hydrogens is 326 g/mol. The molecule has 24 heavy (non-hydrogen) atoms. The monoisotopic (exact) mass is 343 g/mol. The van der Waals surface area contributed by atoms with Gasteiger partial charge in [-0.3, -0.25) is 5.43 Å². The maximum absolute atomic E-state index is 11.8. The number of aryl methyl sites for hydroxylation is 2. The van der Waals surface area contributed by atoms with Crippen LogP contribution in [0.2, 0.25) is 0 Å². The van der Waals surface area contributed by atoms with E-state index in [-0.39, 0.29) is 0 Å². The van der Waals surface area contributed by atoms with Crippen LogP contribution in [0, 0.1) is 0 Å². The summed E-state index contributed by atoms with van der Waals surface area (Å²) in [7, 11) is 3.14. The van der Waals surface area contributed by atoms with E-state index in [4.69, 9.17) is 4.74 Å². The molecule has 0 aliphatic heterocycles. The molecule has 3 heterocycles. The number of thiophene rings is 1. The van der Waals surface area contributed by atoms with Crippen LogP contribution < -0.4 is 5.43 Å². The molecule has 0 unspecified atom stereocenters. The average molecular weight is 343 g/mol. The molecule has 7 nitrogen and oxygen atoms in total. The molecule has 0 atom stereocenters. The quantitative estimate of drug-likeness (QED) is 0.438. The van der Waals surface area contributed by atoms with E-state index in [1.54, 1.807) is 41.4 Å². The van der Waals surface area contributed by atoms with Gasteiger partial charge in [-0.05, 0) is 18.6 Å². The Kier molecular flexibility index (Phi) is 4.57. The first-order valence-corrected chi connectivity index (χ1v) is 8.21. The molecular formula is C16H17N5O2S. The normalized spacial score (nSPS) is 11.3. The number of esters is 1. The molecule has 0 spiro atoms. The molecule has 0 saturated heterocycles. The maximum atomic E-state index is 11.8. The van der Waals surface area contributed by atoms with Crippen molar-refractivity contribution in [2.45, 2.75) is 13.3 Å². The third kappa shape index (κ3) is 3.00. The summed E-state index contributed by atoms with van der Waals surface area (Å²) in [6.45, 7) is 2.10. The lowest BCUT2D eigenvalue weighted by Gasteiger charge is -2.03. The fourth-order valence-corrected chi connectivity index (χ4v) is 3.28. The van der Waals surface area contributed by atoms with E-state index < -0.39 is 5.97 Å². The number of hydrogen-bond acceptors (Lipinski definition) is 7. The van der Waals surface area contributed by atoms with Crippen LogP contribution in [0.25, 0.3) is 10.2 Å². The van der Waals surface area contributed by atoms with E-state index in [1.807, 2.05) is 0 Å². The van der Waals surface area contributed by atoms with Crippen LogP contribution in [0.1, 0.15) is 27.9 Å². The van der Waals surface area contributed by atoms with Gasteiger partial charge >= 0.3 is 5.97 Å². The van der Waals surface area contributed by atoms with Crippen LogP contribution in [-0.2, 0) is 18.2 Å². The van der Waals surface area contributed by atoms with Crippen molar-refractivity contribution in [3.05, 3.63) is 40.8 Å². The molecule has 8 heteroatoms. The molecule has 124 valence electrons. The Morgan fingerprint density at radius 2 is 2.33 bits per heavy atom. The Hall–Kier alpha value is -2.74. The summed E-state index contributed by atoms with van der Waals surface area (Å²) in [4.78, 5) is 22.5. The number of rotatable bonds is 5. The fraction of sp³-hybridized carbons (Fsp3) is 0.250. The van der Waals surface area contributed by atoms with E-state index in [0.29, 0.717) is 17.1 Å². The van der Waals surface area contributed by atoms with Gasteiger partial charge in [-0.15, -0.1) is 11.3 Å². The second kappa shape index (κ2) is 6.79. The lowest BCUT2D eigenvalue weighted by molar-refractivity contribution is 0.0590. The van der Waals surface area contributed by atoms with Crippen molar-refractivity contribution in [2.75, 3.05) is 12.5 Å². The van der Waals surface area contributed by atoms with Crippen molar-refractivity contribution in [3.8, 4) is 0 Å². The molecule has 0 aromatic carbocycles. The number of nitrogens with one attached hydrogen (secondary N) is 1. The first-order chi connectivity index (χ1) is 11.6. The predicted octanol–water partition coefficient (Wildman–Crippen LogP) is 2.82. The largest absolute Gasteiger partial charge is 0.464 e. The smallest absolute Gasteiger partial charge is 0.355 e. The van der Waals surface area contributed by atoms with Gasteiger partial charge in [0, 0.05) is 23.7 Å².